The Labute approximate surface area is 502 Å². The highest BCUT2D eigenvalue weighted by Gasteiger charge is 2.46. The Kier molecular flexibility index (Phi) is 30.1. The van der Waals surface area contributed by atoms with E-state index < -0.39 is 192 Å². The maximum atomic E-state index is 14.8. The minimum absolute atomic E-state index is 0.0323. The van der Waals surface area contributed by atoms with Gasteiger partial charge in [0.05, 0.1) is 24.4 Å². The van der Waals surface area contributed by atoms with Crippen molar-refractivity contribution in [2.75, 3.05) is 19.6 Å². The number of carbonyl (C=O) groups excluding carboxylic acids is 11. The minimum atomic E-state index is -2.88. The van der Waals surface area contributed by atoms with Crippen molar-refractivity contribution in [1.82, 2.24) is 58.1 Å². The summed E-state index contributed by atoms with van der Waals surface area (Å²) in [6, 6.07) is -19.3. The third-order valence-electron chi connectivity index (χ3n) is 14.3. The molecule has 0 aromatic heterocycles. The maximum Gasteiger partial charge on any atom is 0.336 e. The number of aliphatic hydroxyl groups excluding tert-OH is 1. The van der Waals surface area contributed by atoms with E-state index in [9.17, 15) is 97.5 Å². The van der Waals surface area contributed by atoms with Crippen LogP contribution < -0.4 is 58.9 Å². The summed E-state index contributed by atoms with van der Waals surface area (Å²) in [7, 11) is 0. The number of nitrogens with one attached hydrogen (secondary N) is 10. The minimum Gasteiger partial charge on any atom is -0.481 e. The van der Waals surface area contributed by atoms with Crippen LogP contribution in [0.5, 0.6) is 0 Å². The fourth-order valence-electron chi connectivity index (χ4n) is 9.06. The molecule has 87 heavy (non-hydrogen) atoms. The molecule has 5 unspecified atom stereocenters. The van der Waals surface area contributed by atoms with Crippen LogP contribution >= 0.6 is 0 Å². The lowest BCUT2D eigenvalue weighted by molar-refractivity contribution is -0.153. The van der Waals surface area contributed by atoms with Gasteiger partial charge in [0.1, 0.15) is 48.3 Å². The van der Waals surface area contributed by atoms with E-state index in [0.717, 1.165) is 31.2 Å². The number of unbranched alkanes of at least 4 members (excludes halogenated alkanes) is 1. The Morgan fingerprint density at radius 2 is 1.24 bits per heavy atom. The highest BCUT2D eigenvalue weighted by Crippen LogP contribution is 2.26. The molecule has 0 aromatic rings. The van der Waals surface area contributed by atoms with E-state index in [1.165, 1.54) is 40.7 Å². The predicted octanol–water partition coefficient (Wildman–Crippen LogP) is -4.30. The molecule has 14 atom stereocenters. The standard InChI is InChI=1S/C55H86N12O20/c1-24(2)17-13-11-12-14-19-33(68)60-37(28(8)52(80)81)48(76)64-39-30(10)58-44(72)32-21-27(7)23-67(32)51(79)36(26(5)6)63-47(75)38(29(9)53(82)83)61-34(69)22-57-45(73)41(54(84)85)66-50(78)40(42(70)55(86)87)65-43(71)31(18-15-16-20-56)59-46(74)35(25(3)4)62-49(39)77/h11-12,14,19,24-32,35-42,70H,13,15-18,20-23,56H2,1-10H3,(H,57,73)(H,58,72)(H,59,74)(H,60,68)(H,61,69)(H,62,77)(H,63,75)(H,64,76)(H,65,71)(H,66,78)(H,80,81)(H,82,83)(H,84,85)(H,86,87)/b12-11-,19-14+/t27-,28?,29?,30?,31+,32+,35-,36+,37+,38-,39+,40+,41?,42?/m1/s1. The van der Waals surface area contributed by atoms with Crippen molar-refractivity contribution in [2.45, 2.75) is 174 Å². The molecule has 0 radical (unpaired) electrons. The van der Waals surface area contributed by atoms with Crippen molar-refractivity contribution in [3.8, 4) is 0 Å². The van der Waals surface area contributed by atoms with E-state index >= 15 is 0 Å². The summed E-state index contributed by atoms with van der Waals surface area (Å²) in [5.74, 6) is -26.6. The Hall–Kier alpha value is -8.55. The zero-order valence-electron chi connectivity index (χ0n) is 50.4. The first-order chi connectivity index (χ1) is 40.6. The average Bonchev–Trinajstić information content (AvgIpc) is 2.26. The van der Waals surface area contributed by atoms with Crippen molar-refractivity contribution in [3.63, 3.8) is 0 Å². The number of nitrogens with two attached hydrogens (primary N) is 1. The van der Waals surface area contributed by atoms with Gasteiger partial charge in [0.25, 0.3) is 5.91 Å². The Balaban J connectivity index is 2.96. The van der Waals surface area contributed by atoms with Gasteiger partial charge in [-0.1, -0.05) is 66.7 Å². The van der Waals surface area contributed by atoms with Gasteiger partial charge >= 0.3 is 23.9 Å². The molecule has 32 nitrogen and oxygen atoms in total. The number of carboxylic acids is 4. The summed E-state index contributed by atoms with van der Waals surface area (Å²) in [6.07, 6.45) is 4.26. The number of hydrogen-bond donors (Lipinski definition) is 16. The maximum absolute atomic E-state index is 14.8. The lowest BCUT2D eigenvalue weighted by Gasteiger charge is -2.34. The van der Waals surface area contributed by atoms with Gasteiger partial charge in [-0.25, -0.2) is 9.59 Å². The molecular weight excluding hydrogens is 1150 g/mol. The van der Waals surface area contributed by atoms with Crippen LogP contribution in [-0.2, 0) is 71.9 Å². The van der Waals surface area contributed by atoms with Crippen molar-refractivity contribution in [1.29, 1.82) is 0 Å². The van der Waals surface area contributed by atoms with Crippen LogP contribution in [0.2, 0.25) is 0 Å². The quantitative estimate of drug-likeness (QED) is 0.0224. The number of allylic oxidation sites excluding steroid dienone is 3. The van der Waals surface area contributed by atoms with Crippen LogP contribution in [0.4, 0.5) is 0 Å². The zero-order valence-corrected chi connectivity index (χ0v) is 50.4. The Bertz CT molecular complexity index is 2610. The second-order valence-corrected chi connectivity index (χ2v) is 22.7. The smallest absolute Gasteiger partial charge is 0.336 e. The molecule has 2 rings (SSSR count). The van der Waals surface area contributed by atoms with Gasteiger partial charge < -0.3 is 89.3 Å². The van der Waals surface area contributed by atoms with Crippen LogP contribution in [0.1, 0.15) is 108 Å². The molecule has 0 aromatic carbocycles. The molecule has 2 fully saturated rings. The third-order valence-corrected chi connectivity index (χ3v) is 14.3. The molecule has 0 bridgehead atoms. The average molecular weight is 1240 g/mol. The van der Waals surface area contributed by atoms with Crippen molar-refractivity contribution < 1.29 is 97.5 Å². The molecule has 2 aliphatic rings. The van der Waals surface area contributed by atoms with Gasteiger partial charge in [-0.2, -0.15) is 0 Å². The van der Waals surface area contributed by atoms with Gasteiger partial charge in [-0.3, -0.25) is 62.3 Å². The van der Waals surface area contributed by atoms with Crippen LogP contribution in [0, 0.1) is 35.5 Å². The molecule has 0 aliphatic carbocycles. The molecule has 486 valence electrons. The number of nitrogens with zero attached hydrogens (tertiary/aromatic N) is 1. The fourth-order valence-corrected chi connectivity index (χ4v) is 9.06. The summed E-state index contributed by atoms with van der Waals surface area (Å²) >= 11 is 0. The third kappa shape index (κ3) is 23.0. The van der Waals surface area contributed by atoms with E-state index in [0.29, 0.717) is 12.3 Å². The van der Waals surface area contributed by atoms with Crippen molar-refractivity contribution >= 4 is 88.9 Å². The number of aliphatic carboxylic acids is 4. The highest BCUT2D eigenvalue weighted by atomic mass is 16.4. The van der Waals surface area contributed by atoms with E-state index in [4.69, 9.17) is 5.73 Å². The highest BCUT2D eigenvalue weighted by molar-refractivity contribution is 6.07. The number of carbonyl (C=O) groups is 15. The SMILES string of the molecule is CC(C)CC/C=C\C=C\C(=O)N[C@H](C(=O)N[C@@H]1C(=O)N[C@H](C(C)C)C(=O)N[C@@H](CCCCN)C(=O)N[C@@H](C(O)C(=O)O)C(=O)NC(C(=O)O)C(=O)NCC(=O)N[C@H](C(C)C(=O)O)C(=O)N[C@@H](C(C)C)C(=O)N2C[C@H](C)C[C@H]2C(=O)NC1C)C(C)C(=O)O. The number of aliphatic hydroxyl groups is 1. The van der Waals surface area contributed by atoms with E-state index in [1.807, 2.05) is 24.5 Å². The summed E-state index contributed by atoms with van der Waals surface area (Å²) in [4.78, 5) is 205. The molecular formula is C55H86N12O20. The van der Waals surface area contributed by atoms with E-state index in [2.05, 4.69) is 37.2 Å². The lowest BCUT2D eigenvalue weighted by Crippen LogP contribution is -2.66. The lowest BCUT2D eigenvalue weighted by atomic mass is 9.97. The van der Waals surface area contributed by atoms with Crippen LogP contribution in [0.3, 0.4) is 0 Å². The van der Waals surface area contributed by atoms with Crippen LogP contribution in [0.15, 0.2) is 24.3 Å². The van der Waals surface area contributed by atoms with E-state index in [-0.39, 0.29) is 38.8 Å². The Morgan fingerprint density at radius 1 is 0.655 bits per heavy atom. The zero-order chi connectivity index (χ0) is 66.3. The normalized spacial score (nSPS) is 26.1. The number of carboxylic acid groups (broad SMARTS) is 4. The largest absolute Gasteiger partial charge is 0.481 e. The molecule has 11 amide bonds. The summed E-state index contributed by atoms with van der Waals surface area (Å²) in [6.45, 7) is 13.6. The second kappa shape index (κ2) is 35.2. The molecule has 0 spiro atoms. The monoisotopic (exact) mass is 1230 g/mol. The van der Waals surface area contributed by atoms with Gasteiger partial charge in [-0.15, -0.1) is 0 Å². The molecule has 0 saturated carbocycles. The number of amides is 11. The van der Waals surface area contributed by atoms with Crippen LogP contribution in [0.25, 0.3) is 0 Å². The topological polar surface area (TPSA) is 507 Å². The predicted molar refractivity (Wildman–Crippen MR) is 305 cm³/mol. The summed E-state index contributed by atoms with van der Waals surface area (Å²) in [5, 5.41) is 72.7. The molecule has 2 aliphatic heterocycles. The molecule has 2 heterocycles. The van der Waals surface area contributed by atoms with E-state index in [1.54, 1.807) is 24.4 Å². The first-order valence-corrected chi connectivity index (χ1v) is 28.5. The van der Waals surface area contributed by atoms with Crippen molar-refractivity contribution in [3.05, 3.63) is 24.3 Å². The second-order valence-electron chi connectivity index (χ2n) is 22.7. The number of rotatable bonds is 21. The first-order valence-electron chi connectivity index (χ1n) is 28.5. The van der Waals surface area contributed by atoms with Gasteiger partial charge in [0.2, 0.25) is 65.1 Å². The van der Waals surface area contributed by atoms with Gasteiger partial charge in [0.15, 0.2) is 6.10 Å². The number of hydrogen-bond acceptors (Lipinski definition) is 17. The van der Waals surface area contributed by atoms with Gasteiger partial charge in [0, 0.05) is 12.6 Å². The number of fused-ring (bicyclic) bond motifs is 1. The Morgan fingerprint density at radius 3 is 1.79 bits per heavy atom. The molecule has 17 N–H and O–H groups in total. The fraction of sp³-hybridized carbons (Fsp3) is 0.655. The summed E-state index contributed by atoms with van der Waals surface area (Å²) < 4.78 is 0. The molecule has 32 heteroatoms. The molecule has 2 saturated heterocycles. The van der Waals surface area contributed by atoms with Crippen molar-refractivity contribution in [2.24, 2.45) is 41.2 Å². The van der Waals surface area contributed by atoms with Crippen LogP contribution in [-0.4, -0.2) is 205 Å². The van der Waals surface area contributed by atoms with Gasteiger partial charge in [-0.05, 0) is 89.5 Å². The summed E-state index contributed by atoms with van der Waals surface area (Å²) in [5.41, 5.74) is 5.67. The first kappa shape index (κ1) is 74.6.